The van der Waals surface area contributed by atoms with E-state index in [1.165, 1.54) is 30.1 Å². The van der Waals surface area contributed by atoms with Gasteiger partial charge in [-0.05, 0) is 42.0 Å². The lowest BCUT2D eigenvalue weighted by atomic mass is 10.1. The normalized spacial score (nSPS) is 11.5. The first-order valence-electron chi connectivity index (χ1n) is 12.6. The van der Waals surface area contributed by atoms with E-state index in [1.54, 1.807) is 37.2 Å². The Kier molecular flexibility index (Phi) is 8.55. The molecule has 0 aliphatic carbocycles. The number of nitrogens with two attached hydrogens (primary N) is 1. The fraction of sp³-hybridized carbons (Fsp3) is 0.148. The third kappa shape index (κ3) is 6.21. The molecule has 5 rings (SSSR count). The van der Waals surface area contributed by atoms with Gasteiger partial charge in [0, 0.05) is 26.7 Å². The molecule has 0 saturated heterocycles. The molecule has 0 saturated carbocycles. The molecule has 0 aliphatic heterocycles. The number of amides is 1. The molecule has 44 heavy (non-hydrogen) atoms. The second-order valence-electron chi connectivity index (χ2n) is 9.66. The van der Waals surface area contributed by atoms with Gasteiger partial charge in [-0.2, -0.15) is 0 Å². The number of pyridine rings is 1. The number of sulfonamides is 1. The summed E-state index contributed by atoms with van der Waals surface area (Å²) in [6.07, 6.45) is 1.48. The zero-order valence-corrected chi connectivity index (χ0v) is 26.3. The van der Waals surface area contributed by atoms with Gasteiger partial charge in [-0.3, -0.25) is 9.59 Å². The summed E-state index contributed by atoms with van der Waals surface area (Å²) in [6.45, 7) is 0. The van der Waals surface area contributed by atoms with Gasteiger partial charge in [0.1, 0.15) is 27.8 Å². The number of fused-ring (bicyclic) bond motifs is 1. The maximum atomic E-state index is 13.4. The molecule has 0 fully saturated rings. The highest BCUT2D eigenvalue weighted by atomic mass is 35.5. The molecule has 13 nitrogen and oxygen atoms in total. The van der Waals surface area contributed by atoms with Crippen LogP contribution in [-0.4, -0.2) is 60.3 Å². The number of hydrogen-bond donors (Lipinski definition) is 3. The minimum absolute atomic E-state index is 0.0775. The number of anilines is 2. The van der Waals surface area contributed by atoms with E-state index >= 15 is 0 Å². The van der Waals surface area contributed by atoms with Crippen molar-refractivity contribution < 1.29 is 17.9 Å². The second-order valence-corrected chi connectivity index (χ2v) is 12.4. The van der Waals surface area contributed by atoms with Crippen molar-refractivity contribution in [2.75, 3.05) is 31.4 Å². The van der Waals surface area contributed by atoms with E-state index < -0.39 is 21.5 Å². The number of H-pyrrole nitrogens is 1. The number of rotatable bonds is 8. The van der Waals surface area contributed by atoms with Crippen LogP contribution < -0.4 is 25.7 Å². The van der Waals surface area contributed by atoms with Crippen LogP contribution in [0.3, 0.4) is 0 Å². The van der Waals surface area contributed by atoms with Crippen LogP contribution in [-0.2, 0) is 16.4 Å². The Morgan fingerprint density at radius 1 is 1.11 bits per heavy atom. The quantitative estimate of drug-likeness (QED) is 0.205. The van der Waals surface area contributed by atoms with Crippen LogP contribution in [0.5, 0.6) is 5.75 Å². The Bertz CT molecular complexity index is 2070. The molecule has 4 N–H and O–H groups in total. The average molecular weight is 678 g/mol. The van der Waals surface area contributed by atoms with Crippen LogP contribution in [0.1, 0.15) is 21.7 Å². The molecule has 3 aromatic heterocycles. The summed E-state index contributed by atoms with van der Waals surface area (Å²) in [7, 11) is 0.758. The summed E-state index contributed by atoms with van der Waals surface area (Å²) in [5.74, 6) is 0.502. The molecule has 0 spiro atoms. The summed E-state index contributed by atoms with van der Waals surface area (Å²) in [5, 5.41) is 12.8. The maximum Gasteiger partial charge on any atom is 0.264 e. The largest absolute Gasteiger partial charge is 0.495 e. The van der Waals surface area contributed by atoms with Crippen LogP contribution >= 0.6 is 34.8 Å². The van der Waals surface area contributed by atoms with E-state index in [-0.39, 0.29) is 60.4 Å². The van der Waals surface area contributed by atoms with Crippen LogP contribution in [0.15, 0.2) is 58.4 Å². The number of methoxy groups -OCH3 is 1. The van der Waals surface area contributed by atoms with Gasteiger partial charge in [0.2, 0.25) is 10.0 Å². The lowest BCUT2D eigenvalue weighted by Gasteiger charge is -2.12. The SMILES string of the molecule is COc1ccc(Cc2nc3c(c(N(C)C)nn3-c3c(Cl)cc(S(N)(=O)=O)cc3Cl)c(=O)[nH]2)cc1NC(=O)c1ccc(Cl)nc1. The zero-order chi connectivity index (χ0) is 31.9. The number of carbonyl (C=O) groups is 1. The monoisotopic (exact) mass is 676 g/mol. The van der Waals surface area contributed by atoms with Crippen molar-refractivity contribution in [3.05, 3.63) is 91.2 Å². The summed E-state index contributed by atoms with van der Waals surface area (Å²) in [6, 6.07) is 10.4. The summed E-state index contributed by atoms with van der Waals surface area (Å²) < 4.78 is 30.5. The molecule has 1 amide bonds. The van der Waals surface area contributed by atoms with Crippen molar-refractivity contribution in [1.82, 2.24) is 24.7 Å². The van der Waals surface area contributed by atoms with Crippen molar-refractivity contribution >= 4 is 73.3 Å². The van der Waals surface area contributed by atoms with Crippen molar-refractivity contribution in [2.45, 2.75) is 11.3 Å². The van der Waals surface area contributed by atoms with Gasteiger partial charge in [0.15, 0.2) is 11.5 Å². The van der Waals surface area contributed by atoms with E-state index in [2.05, 4.69) is 25.4 Å². The summed E-state index contributed by atoms with van der Waals surface area (Å²) >= 11 is 18.8. The third-order valence-electron chi connectivity index (χ3n) is 6.40. The third-order valence-corrected chi connectivity index (χ3v) is 8.09. The smallest absolute Gasteiger partial charge is 0.264 e. The highest BCUT2D eigenvalue weighted by Gasteiger charge is 2.24. The van der Waals surface area contributed by atoms with E-state index in [4.69, 9.17) is 44.7 Å². The first-order valence-corrected chi connectivity index (χ1v) is 15.3. The van der Waals surface area contributed by atoms with Crippen molar-refractivity contribution in [3.63, 3.8) is 0 Å². The van der Waals surface area contributed by atoms with E-state index in [0.717, 1.165) is 12.1 Å². The molecule has 0 unspecified atom stereocenters. The number of carbonyl (C=O) groups excluding carboxylic acids is 1. The predicted octanol–water partition coefficient (Wildman–Crippen LogP) is 4.03. The van der Waals surface area contributed by atoms with E-state index in [1.807, 2.05) is 0 Å². The Hall–Kier alpha value is -4.21. The molecular weight excluding hydrogens is 655 g/mol. The molecule has 17 heteroatoms. The number of halogens is 3. The molecular formula is C27H23Cl3N8O5S. The number of nitrogens with one attached hydrogen (secondary N) is 2. The van der Waals surface area contributed by atoms with Crippen LogP contribution in [0.4, 0.5) is 11.5 Å². The number of benzene rings is 2. The Labute approximate surface area is 265 Å². The van der Waals surface area contributed by atoms with Gasteiger partial charge in [-0.1, -0.05) is 40.9 Å². The molecule has 0 bridgehead atoms. The van der Waals surface area contributed by atoms with Crippen LogP contribution in [0.2, 0.25) is 15.2 Å². The highest BCUT2D eigenvalue weighted by molar-refractivity contribution is 7.89. The topological polar surface area (TPSA) is 178 Å². The lowest BCUT2D eigenvalue weighted by molar-refractivity contribution is 0.102. The van der Waals surface area contributed by atoms with Gasteiger partial charge >= 0.3 is 0 Å². The van der Waals surface area contributed by atoms with E-state index in [9.17, 15) is 18.0 Å². The molecule has 0 radical (unpaired) electrons. The Morgan fingerprint density at radius 2 is 1.82 bits per heavy atom. The summed E-state index contributed by atoms with van der Waals surface area (Å²) in [4.78, 5) is 38.9. The molecule has 5 aromatic rings. The number of primary sulfonamides is 1. The second kappa shape index (κ2) is 12.1. The number of ether oxygens (including phenoxy) is 1. The summed E-state index contributed by atoms with van der Waals surface area (Å²) in [5.41, 5.74) is 1.08. The number of aromatic amines is 1. The van der Waals surface area contributed by atoms with Gasteiger partial charge in [0.05, 0.1) is 33.3 Å². The van der Waals surface area contributed by atoms with Gasteiger partial charge in [-0.15, -0.1) is 5.10 Å². The van der Waals surface area contributed by atoms with Crippen molar-refractivity contribution in [3.8, 4) is 11.4 Å². The van der Waals surface area contributed by atoms with Crippen molar-refractivity contribution in [1.29, 1.82) is 0 Å². The minimum atomic E-state index is -4.10. The highest BCUT2D eigenvalue weighted by Crippen LogP contribution is 2.35. The average Bonchev–Trinajstić information content (AvgIpc) is 3.32. The fourth-order valence-corrected chi connectivity index (χ4v) is 5.83. The number of hydrogen-bond acceptors (Lipinski definition) is 9. The van der Waals surface area contributed by atoms with Crippen LogP contribution in [0, 0.1) is 0 Å². The Balaban J connectivity index is 1.58. The molecule has 0 aliphatic rings. The Morgan fingerprint density at radius 3 is 2.41 bits per heavy atom. The van der Waals surface area contributed by atoms with E-state index in [0.29, 0.717) is 17.0 Å². The van der Waals surface area contributed by atoms with Crippen LogP contribution in [0.25, 0.3) is 16.7 Å². The van der Waals surface area contributed by atoms with Gasteiger partial charge < -0.3 is 19.9 Å². The first kappa shape index (κ1) is 31.2. The molecule has 2 aromatic carbocycles. The maximum absolute atomic E-state index is 13.4. The zero-order valence-electron chi connectivity index (χ0n) is 23.2. The predicted molar refractivity (Wildman–Crippen MR) is 168 cm³/mol. The first-order chi connectivity index (χ1) is 20.8. The van der Waals surface area contributed by atoms with Crippen molar-refractivity contribution in [2.24, 2.45) is 5.14 Å². The number of nitrogens with zero attached hydrogens (tertiary/aromatic N) is 5. The number of aromatic nitrogens is 5. The standard InChI is InChI=1S/C27H23Cl3N8O5S/c1-37(2)25-22-24(38(36-25)23-16(28)10-15(11-17(23)29)44(31,41)42)34-21(35-27(22)40)9-13-4-6-19(43-3)18(8-13)33-26(39)14-5-7-20(30)32-12-14/h4-8,10-12H,9H2,1-3H3,(H,33,39)(H2,31,41,42)(H,34,35,40). The van der Waals surface area contributed by atoms with Gasteiger partial charge in [0.25, 0.3) is 11.5 Å². The van der Waals surface area contributed by atoms with Gasteiger partial charge in [-0.25, -0.2) is 28.2 Å². The molecule has 0 atom stereocenters. The molecule has 228 valence electrons. The minimum Gasteiger partial charge on any atom is -0.495 e. The lowest BCUT2D eigenvalue weighted by Crippen LogP contribution is -2.16. The molecule has 3 heterocycles. The fourth-order valence-electron chi connectivity index (χ4n) is 4.38.